The van der Waals surface area contributed by atoms with Crippen LogP contribution in [0.15, 0.2) is 12.3 Å². The smallest absolute Gasteiger partial charge is 0.292 e. The van der Waals surface area contributed by atoms with E-state index in [1.165, 1.54) is 6.26 Å². The Morgan fingerprint density at radius 2 is 1.89 bits per heavy atom. The van der Waals surface area contributed by atoms with Gasteiger partial charge in [-0.3, -0.25) is 10.4 Å². The summed E-state index contributed by atoms with van der Waals surface area (Å²) in [6, 6.07) is 0.366. The molecule has 0 radical (unpaired) electrons. The number of hydrogen-bond acceptors (Lipinski definition) is 3. The number of alkyl halides is 5. The fraction of sp³-hybridized carbons (Fsp3) is 0.333. The molecule has 1 aromatic heterocycles. The summed E-state index contributed by atoms with van der Waals surface area (Å²) in [6.07, 6.45) is -3.20. The van der Waals surface area contributed by atoms with Gasteiger partial charge in [-0.1, -0.05) is 11.6 Å². The van der Waals surface area contributed by atoms with E-state index in [4.69, 9.17) is 17.0 Å². The maximum atomic E-state index is 13.6. The topological polar surface area (TPSA) is 36.7 Å². The third-order valence-electron chi connectivity index (χ3n) is 1.96. The molecule has 0 aliphatic carbocycles. The van der Waals surface area contributed by atoms with Crippen LogP contribution in [-0.2, 0) is 12.1 Å². The standard InChI is InChI=1S/C9H6ClF5N2S/c1-18-7(16)8(11,12)6-5(10)2-4(3-17-6)9(13,14)15/h2-3,16H,1H3. The quantitative estimate of drug-likeness (QED) is 0.505. The molecule has 0 spiro atoms. The molecule has 0 saturated carbocycles. The lowest BCUT2D eigenvalue weighted by Gasteiger charge is -2.17. The Kier molecular flexibility index (Phi) is 4.22. The third kappa shape index (κ3) is 2.92. The number of rotatable bonds is 2. The van der Waals surface area contributed by atoms with Crippen LogP contribution in [0.25, 0.3) is 0 Å². The fourth-order valence-electron chi connectivity index (χ4n) is 1.06. The van der Waals surface area contributed by atoms with Gasteiger partial charge in [-0.2, -0.15) is 22.0 Å². The monoisotopic (exact) mass is 304 g/mol. The largest absolute Gasteiger partial charge is 0.417 e. The maximum Gasteiger partial charge on any atom is 0.417 e. The molecular formula is C9H6ClF5N2S. The van der Waals surface area contributed by atoms with Crippen LogP contribution < -0.4 is 0 Å². The number of nitrogens with zero attached hydrogens (tertiary/aromatic N) is 1. The molecule has 1 aromatic rings. The molecule has 0 aliphatic heterocycles. The van der Waals surface area contributed by atoms with Gasteiger partial charge in [-0.05, 0) is 12.3 Å². The van der Waals surface area contributed by atoms with Gasteiger partial charge in [0.2, 0.25) is 0 Å². The first-order valence-corrected chi connectivity index (χ1v) is 5.95. The van der Waals surface area contributed by atoms with E-state index in [1.54, 1.807) is 0 Å². The van der Waals surface area contributed by atoms with Crippen molar-refractivity contribution in [3.05, 3.63) is 28.5 Å². The number of aromatic nitrogens is 1. The number of nitrogens with one attached hydrogen (secondary N) is 1. The maximum absolute atomic E-state index is 13.6. The van der Waals surface area contributed by atoms with E-state index in [2.05, 4.69) is 4.98 Å². The zero-order chi connectivity index (χ0) is 14.1. The predicted octanol–water partition coefficient (Wildman–Crippen LogP) is 4.19. The van der Waals surface area contributed by atoms with Gasteiger partial charge in [0, 0.05) is 6.20 Å². The summed E-state index contributed by atoms with van der Waals surface area (Å²) < 4.78 is 64.0. The Morgan fingerprint density at radius 3 is 2.28 bits per heavy atom. The van der Waals surface area contributed by atoms with Crippen LogP contribution in [0.1, 0.15) is 11.3 Å². The molecule has 0 saturated heterocycles. The van der Waals surface area contributed by atoms with Crippen LogP contribution in [0.4, 0.5) is 22.0 Å². The van der Waals surface area contributed by atoms with Crippen LogP contribution in [0, 0.1) is 5.41 Å². The molecule has 18 heavy (non-hydrogen) atoms. The minimum Gasteiger partial charge on any atom is -0.292 e. The van der Waals surface area contributed by atoms with Gasteiger partial charge in [0.1, 0.15) is 10.7 Å². The Morgan fingerprint density at radius 1 is 1.33 bits per heavy atom. The summed E-state index contributed by atoms with van der Waals surface area (Å²) in [5, 5.41) is 5.17. The number of halogens is 6. The van der Waals surface area contributed by atoms with Crippen molar-refractivity contribution in [2.24, 2.45) is 0 Å². The van der Waals surface area contributed by atoms with E-state index < -0.39 is 33.4 Å². The number of hydrogen-bond donors (Lipinski definition) is 1. The third-order valence-corrected chi connectivity index (χ3v) is 2.91. The molecule has 2 nitrogen and oxygen atoms in total. The second-order valence-corrected chi connectivity index (χ2v) is 4.38. The van der Waals surface area contributed by atoms with Crippen molar-refractivity contribution in [3.63, 3.8) is 0 Å². The van der Waals surface area contributed by atoms with Crippen molar-refractivity contribution in [2.45, 2.75) is 12.1 Å². The van der Waals surface area contributed by atoms with Crippen molar-refractivity contribution in [1.29, 1.82) is 5.41 Å². The normalized spacial score (nSPS) is 12.6. The molecule has 100 valence electrons. The molecule has 1 N–H and O–H groups in total. The summed E-state index contributed by atoms with van der Waals surface area (Å²) in [7, 11) is 0. The summed E-state index contributed by atoms with van der Waals surface area (Å²) in [6.45, 7) is 0. The van der Waals surface area contributed by atoms with Crippen molar-refractivity contribution in [3.8, 4) is 0 Å². The zero-order valence-corrected chi connectivity index (χ0v) is 10.4. The number of thioether (sulfide) groups is 1. The molecule has 0 unspecified atom stereocenters. The fourth-order valence-corrected chi connectivity index (χ4v) is 1.70. The average Bonchev–Trinajstić information content (AvgIpc) is 2.26. The van der Waals surface area contributed by atoms with Crippen LogP contribution in [0.2, 0.25) is 5.02 Å². The highest BCUT2D eigenvalue weighted by molar-refractivity contribution is 8.13. The highest BCUT2D eigenvalue weighted by Crippen LogP contribution is 2.38. The van der Waals surface area contributed by atoms with E-state index in [-0.39, 0.29) is 6.20 Å². The Hall–Kier alpha value is -0.890. The second kappa shape index (κ2) is 5.00. The highest BCUT2D eigenvalue weighted by atomic mass is 35.5. The summed E-state index contributed by atoms with van der Waals surface area (Å²) in [5.41, 5.74) is -2.28. The lowest BCUT2D eigenvalue weighted by molar-refractivity contribution is -0.137. The van der Waals surface area contributed by atoms with Crippen LogP contribution in [-0.4, -0.2) is 16.3 Å². The van der Waals surface area contributed by atoms with Crippen molar-refractivity contribution in [2.75, 3.05) is 6.26 Å². The average molecular weight is 305 g/mol. The lowest BCUT2D eigenvalue weighted by Crippen LogP contribution is -2.24. The lowest BCUT2D eigenvalue weighted by atomic mass is 10.2. The molecular weight excluding hydrogens is 299 g/mol. The summed E-state index contributed by atoms with van der Waals surface area (Å²) >= 11 is 5.83. The van der Waals surface area contributed by atoms with E-state index in [0.717, 1.165) is 0 Å². The van der Waals surface area contributed by atoms with E-state index in [1.807, 2.05) is 0 Å². The molecule has 0 fully saturated rings. The molecule has 0 amide bonds. The van der Waals surface area contributed by atoms with Gasteiger partial charge in [-0.15, -0.1) is 11.8 Å². The number of pyridine rings is 1. The Bertz CT molecular complexity index is 475. The molecule has 0 aromatic carbocycles. The molecule has 9 heteroatoms. The molecule has 1 rings (SSSR count). The van der Waals surface area contributed by atoms with E-state index in [0.29, 0.717) is 17.8 Å². The molecule has 1 heterocycles. The first-order chi connectivity index (χ1) is 8.10. The molecule has 0 atom stereocenters. The zero-order valence-electron chi connectivity index (χ0n) is 8.78. The van der Waals surface area contributed by atoms with Gasteiger partial charge < -0.3 is 0 Å². The van der Waals surface area contributed by atoms with Crippen LogP contribution in [0.5, 0.6) is 0 Å². The van der Waals surface area contributed by atoms with Gasteiger partial charge in [0.15, 0.2) is 0 Å². The first kappa shape index (κ1) is 15.2. The SMILES string of the molecule is CSC(=N)C(F)(F)c1ncc(C(F)(F)F)cc1Cl. The van der Waals surface area contributed by atoms with Gasteiger partial charge >= 0.3 is 12.1 Å². The van der Waals surface area contributed by atoms with Crippen molar-refractivity contribution < 1.29 is 22.0 Å². The van der Waals surface area contributed by atoms with Gasteiger partial charge in [0.05, 0.1) is 10.6 Å². The van der Waals surface area contributed by atoms with Crippen molar-refractivity contribution in [1.82, 2.24) is 4.98 Å². The summed E-state index contributed by atoms with van der Waals surface area (Å²) in [4.78, 5) is 3.03. The van der Waals surface area contributed by atoms with E-state index >= 15 is 0 Å². The Labute approximate surface area is 108 Å². The van der Waals surface area contributed by atoms with Gasteiger partial charge in [-0.25, -0.2) is 0 Å². The van der Waals surface area contributed by atoms with Crippen molar-refractivity contribution >= 4 is 28.4 Å². The predicted molar refractivity (Wildman–Crippen MR) is 59.4 cm³/mol. The first-order valence-electron chi connectivity index (χ1n) is 4.34. The molecule has 0 aliphatic rings. The molecule has 0 bridgehead atoms. The summed E-state index contributed by atoms with van der Waals surface area (Å²) in [5.74, 6) is -3.80. The minimum atomic E-state index is -4.71. The van der Waals surface area contributed by atoms with E-state index in [9.17, 15) is 22.0 Å². The highest BCUT2D eigenvalue weighted by Gasteiger charge is 2.42. The second-order valence-electron chi connectivity index (χ2n) is 3.16. The van der Waals surface area contributed by atoms with Crippen LogP contribution >= 0.6 is 23.4 Å². The van der Waals surface area contributed by atoms with Crippen LogP contribution in [0.3, 0.4) is 0 Å². The Balaban J connectivity index is 3.26. The minimum absolute atomic E-state index is 0.267. The van der Waals surface area contributed by atoms with Gasteiger partial charge in [0.25, 0.3) is 0 Å².